The van der Waals surface area contributed by atoms with Gasteiger partial charge in [0.15, 0.2) is 0 Å². The first-order valence-corrected chi connectivity index (χ1v) is 10.9. The standard InChI is InChI=1S/C24H28N4O3/c1-2-31-20-9-7-18(8-10-20)24(30)27-14-11-19(12-15-27)26-23(29)13-16-28-17-25-21-5-3-4-6-22(21)28/h3-10,17,19H,2,11-16H2,1H3,(H,26,29). The molecule has 1 saturated heterocycles. The molecule has 1 fully saturated rings. The molecular formula is C24H28N4O3. The number of imidazole rings is 1. The molecular weight excluding hydrogens is 392 g/mol. The molecule has 1 aliphatic rings. The largest absolute Gasteiger partial charge is 0.494 e. The zero-order chi connectivity index (χ0) is 21.6. The van der Waals surface area contributed by atoms with E-state index in [1.807, 2.05) is 52.8 Å². The second kappa shape index (κ2) is 9.64. The number of carbonyl (C=O) groups is 2. The SMILES string of the molecule is CCOc1ccc(C(=O)N2CCC(NC(=O)CCn3cnc4ccccc43)CC2)cc1. The Kier molecular flexibility index (Phi) is 6.50. The molecule has 0 saturated carbocycles. The maximum absolute atomic E-state index is 12.7. The summed E-state index contributed by atoms with van der Waals surface area (Å²) in [6.45, 7) is 4.42. The molecule has 0 radical (unpaired) electrons. The van der Waals surface area contributed by atoms with Crippen LogP contribution in [0.15, 0.2) is 54.9 Å². The third kappa shape index (κ3) is 5.05. The Morgan fingerprint density at radius 3 is 2.58 bits per heavy atom. The highest BCUT2D eigenvalue weighted by molar-refractivity contribution is 5.94. The fourth-order valence-corrected chi connectivity index (χ4v) is 3.98. The van der Waals surface area contributed by atoms with E-state index in [1.54, 1.807) is 18.5 Å². The summed E-state index contributed by atoms with van der Waals surface area (Å²) in [5.41, 5.74) is 2.64. The van der Waals surface area contributed by atoms with Crippen molar-refractivity contribution in [1.82, 2.24) is 19.8 Å². The predicted octanol–water partition coefficient (Wildman–Crippen LogP) is 3.25. The lowest BCUT2D eigenvalue weighted by molar-refractivity contribution is -0.122. The van der Waals surface area contributed by atoms with Gasteiger partial charge in [-0.15, -0.1) is 0 Å². The number of aryl methyl sites for hydroxylation is 1. The van der Waals surface area contributed by atoms with Crippen molar-refractivity contribution in [1.29, 1.82) is 0 Å². The topological polar surface area (TPSA) is 76.5 Å². The van der Waals surface area contributed by atoms with E-state index in [-0.39, 0.29) is 17.9 Å². The van der Waals surface area contributed by atoms with Crippen LogP contribution in [0.5, 0.6) is 5.75 Å². The molecule has 3 aromatic rings. The van der Waals surface area contributed by atoms with Crippen molar-refractivity contribution < 1.29 is 14.3 Å². The van der Waals surface area contributed by atoms with Gasteiger partial charge in [0, 0.05) is 37.7 Å². The van der Waals surface area contributed by atoms with E-state index in [1.165, 1.54) is 0 Å². The Hall–Kier alpha value is -3.35. The number of amides is 2. The lowest BCUT2D eigenvalue weighted by Gasteiger charge is -2.32. The molecule has 0 atom stereocenters. The monoisotopic (exact) mass is 420 g/mol. The fourth-order valence-electron chi connectivity index (χ4n) is 3.98. The Balaban J connectivity index is 1.23. The van der Waals surface area contributed by atoms with Crippen LogP contribution in [0.1, 0.15) is 36.5 Å². The van der Waals surface area contributed by atoms with Gasteiger partial charge in [0.1, 0.15) is 5.75 Å². The summed E-state index contributed by atoms with van der Waals surface area (Å²) in [5, 5.41) is 3.12. The maximum Gasteiger partial charge on any atom is 0.253 e. The van der Waals surface area contributed by atoms with Gasteiger partial charge < -0.3 is 19.5 Å². The van der Waals surface area contributed by atoms with Crippen LogP contribution >= 0.6 is 0 Å². The van der Waals surface area contributed by atoms with Crippen molar-refractivity contribution in [3.8, 4) is 5.75 Å². The number of benzene rings is 2. The van der Waals surface area contributed by atoms with Crippen LogP contribution < -0.4 is 10.1 Å². The molecule has 1 aromatic heterocycles. The molecule has 7 heteroatoms. The molecule has 7 nitrogen and oxygen atoms in total. The van der Waals surface area contributed by atoms with Gasteiger partial charge in [-0.3, -0.25) is 9.59 Å². The van der Waals surface area contributed by atoms with Crippen molar-refractivity contribution in [2.75, 3.05) is 19.7 Å². The normalized spacial score (nSPS) is 14.5. The number of rotatable bonds is 7. The summed E-state index contributed by atoms with van der Waals surface area (Å²) < 4.78 is 7.44. The first kappa shape index (κ1) is 20.9. The molecule has 0 aliphatic carbocycles. The number of fused-ring (bicyclic) bond motifs is 1. The van der Waals surface area contributed by atoms with Gasteiger partial charge in [0.25, 0.3) is 5.91 Å². The van der Waals surface area contributed by atoms with E-state index in [9.17, 15) is 9.59 Å². The Bertz CT molecular complexity index is 1040. The molecule has 0 spiro atoms. The summed E-state index contributed by atoms with van der Waals surface area (Å²) >= 11 is 0. The average Bonchev–Trinajstić information content (AvgIpc) is 3.22. The molecule has 1 aliphatic heterocycles. The van der Waals surface area contributed by atoms with Crippen LogP contribution in [0.3, 0.4) is 0 Å². The molecule has 0 bridgehead atoms. The number of nitrogens with zero attached hydrogens (tertiary/aromatic N) is 3. The van der Waals surface area contributed by atoms with Gasteiger partial charge in [0.05, 0.1) is 24.0 Å². The molecule has 31 heavy (non-hydrogen) atoms. The van der Waals surface area contributed by atoms with Crippen molar-refractivity contribution >= 4 is 22.8 Å². The van der Waals surface area contributed by atoms with Gasteiger partial charge in [-0.1, -0.05) is 12.1 Å². The Labute approximate surface area is 182 Å². The number of nitrogens with one attached hydrogen (secondary N) is 1. The zero-order valence-corrected chi connectivity index (χ0v) is 17.8. The molecule has 162 valence electrons. The molecule has 2 aromatic carbocycles. The minimum atomic E-state index is 0.0276. The van der Waals surface area contributed by atoms with E-state index >= 15 is 0 Å². The molecule has 0 unspecified atom stereocenters. The van der Waals surface area contributed by atoms with Crippen LogP contribution in [-0.4, -0.2) is 52.0 Å². The number of piperidine rings is 1. The van der Waals surface area contributed by atoms with Crippen molar-refractivity contribution in [3.05, 3.63) is 60.4 Å². The second-order valence-corrected chi connectivity index (χ2v) is 7.77. The number of hydrogen-bond donors (Lipinski definition) is 1. The first-order chi connectivity index (χ1) is 15.1. The van der Waals surface area contributed by atoms with Crippen molar-refractivity contribution in [3.63, 3.8) is 0 Å². The van der Waals surface area contributed by atoms with Crippen molar-refractivity contribution in [2.24, 2.45) is 0 Å². The van der Waals surface area contributed by atoms with Gasteiger partial charge >= 0.3 is 0 Å². The average molecular weight is 421 g/mol. The minimum Gasteiger partial charge on any atom is -0.494 e. The highest BCUT2D eigenvalue weighted by atomic mass is 16.5. The van der Waals surface area contributed by atoms with Gasteiger partial charge in [-0.25, -0.2) is 4.98 Å². The Morgan fingerprint density at radius 1 is 1.10 bits per heavy atom. The Morgan fingerprint density at radius 2 is 1.84 bits per heavy atom. The zero-order valence-electron chi connectivity index (χ0n) is 17.8. The van der Waals surface area contributed by atoms with E-state index in [0.717, 1.165) is 29.6 Å². The molecule has 2 amide bonds. The van der Waals surface area contributed by atoms with Crippen LogP contribution in [0.4, 0.5) is 0 Å². The highest BCUT2D eigenvalue weighted by Crippen LogP contribution is 2.17. The smallest absolute Gasteiger partial charge is 0.253 e. The second-order valence-electron chi connectivity index (χ2n) is 7.77. The number of likely N-dealkylation sites (tertiary alicyclic amines) is 1. The van der Waals surface area contributed by atoms with Gasteiger partial charge in [0.2, 0.25) is 5.91 Å². The van der Waals surface area contributed by atoms with Gasteiger partial charge in [-0.05, 0) is 56.2 Å². The summed E-state index contributed by atoms with van der Waals surface area (Å²) in [4.78, 5) is 31.4. The lowest BCUT2D eigenvalue weighted by Crippen LogP contribution is -2.46. The summed E-state index contributed by atoms with van der Waals surface area (Å²) in [7, 11) is 0. The molecule has 2 heterocycles. The number of aromatic nitrogens is 2. The third-order valence-corrected chi connectivity index (χ3v) is 5.67. The van der Waals surface area contributed by atoms with Crippen LogP contribution in [0, 0.1) is 0 Å². The van der Waals surface area contributed by atoms with Crippen LogP contribution in [0.2, 0.25) is 0 Å². The molecule has 1 N–H and O–H groups in total. The van der Waals surface area contributed by atoms with E-state index < -0.39 is 0 Å². The first-order valence-electron chi connectivity index (χ1n) is 10.9. The van der Waals surface area contributed by atoms with Crippen LogP contribution in [-0.2, 0) is 11.3 Å². The van der Waals surface area contributed by atoms with Crippen molar-refractivity contribution in [2.45, 2.75) is 38.8 Å². The van der Waals surface area contributed by atoms with Crippen LogP contribution in [0.25, 0.3) is 11.0 Å². The lowest BCUT2D eigenvalue weighted by atomic mass is 10.0. The molecule has 4 rings (SSSR count). The third-order valence-electron chi connectivity index (χ3n) is 5.67. The number of carbonyl (C=O) groups excluding carboxylic acids is 2. The fraction of sp³-hybridized carbons (Fsp3) is 0.375. The minimum absolute atomic E-state index is 0.0276. The number of ether oxygens (including phenoxy) is 1. The van der Waals surface area contributed by atoms with E-state index in [2.05, 4.69) is 10.3 Å². The number of para-hydroxylation sites is 2. The van der Waals surface area contributed by atoms with E-state index in [0.29, 0.717) is 38.2 Å². The number of hydrogen-bond acceptors (Lipinski definition) is 4. The highest BCUT2D eigenvalue weighted by Gasteiger charge is 2.24. The predicted molar refractivity (Wildman–Crippen MR) is 119 cm³/mol. The summed E-state index contributed by atoms with van der Waals surface area (Å²) in [6.07, 6.45) is 3.72. The maximum atomic E-state index is 12.7. The summed E-state index contributed by atoms with van der Waals surface area (Å²) in [5.74, 6) is 0.832. The quantitative estimate of drug-likeness (QED) is 0.637. The van der Waals surface area contributed by atoms with Gasteiger partial charge in [-0.2, -0.15) is 0 Å². The van der Waals surface area contributed by atoms with E-state index in [4.69, 9.17) is 4.74 Å². The summed E-state index contributed by atoms with van der Waals surface area (Å²) in [6, 6.07) is 15.3.